The summed E-state index contributed by atoms with van der Waals surface area (Å²) in [5.41, 5.74) is -0.0113. The van der Waals surface area contributed by atoms with Crippen LogP contribution in [-0.2, 0) is 9.47 Å². The molecule has 0 atom stereocenters. The lowest BCUT2D eigenvalue weighted by atomic mass is 9.93. The van der Waals surface area contributed by atoms with E-state index < -0.39 is 0 Å². The van der Waals surface area contributed by atoms with Gasteiger partial charge in [0.05, 0.1) is 18.3 Å². The highest BCUT2D eigenvalue weighted by Crippen LogP contribution is 2.29. The first-order valence-electron chi connectivity index (χ1n) is 6.67. The van der Waals surface area contributed by atoms with Gasteiger partial charge >= 0.3 is 0 Å². The zero-order valence-electron chi connectivity index (χ0n) is 12.6. The number of ether oxygens (including phenoxy) is 2. The predicted molar refractivity (Wildman–Crippen MR) is 77.7 cm³/mol. The average Bonchev–Trinajstić information content (AvgIpc) is 2.27. The molecule has 0 amide bonds. The summed E-state index contributed by atoms with van der Waals surface area (Å²) in [5.74, 6) is 0. The van der Waals surface area contributed by atoms with Crippen LogP contribution in [0.15, 0.2) is 0 Å². The second kappa shape index (κ2) is 7.65. The largest absolute Gasteiger partial charge is 0.372 e. The number of hydrogen-bond donors (Lipinski definition) is 0. The maximum Gasteiger partial charge on any atom is 0.107 e. The van der Waals surface area contributed by atoms with Crippen LogP contribution in [0.4, 0.5) is 0 Å². The van der Waals surface area contributed by atoms with Gasteiger partial charge in [-0.3, -0.25) is 0 Å². The Bertz CT molecular complexity index is 198. The fraction of sp³-hybridized carbons (Fsp3) is 1.00. The van der Waals surface area contributed by atoms with Crippen molar-refractivity contribution in [3.63, 3.8) is 0 Å². The van der Waals surface area contributed by atoms with Crippen molar-refractivity contribution >= 4 is 11.8 Å². The molecule has 17 heavy (non-hydrogen) atoms. The standard InChI is InChI=1S/C14H30O2S/c1-8-14(9-2,16-12(3)4)10-11-15-13(5,6)17-7/h12H,8-11H2,1-7H3. The van der Waals surface area contributed by atoms with E-state index in [1.165, 1.54) is 0 Å². The summed E-state index contributed by atoms with van der Waals surface area (Å²) in [6, 6.07) is 0. The monoisotopic (exact) mass is 262 g/mol. The van der Waals surface area contributed by atoms with Crippen LogP contribution < -0.4 is 0 Å². The lowest BCUT2D eigenvalue weighted by molar-refractivity contribution is -0.106. The van der Waals surface area contributed by atoms with Crippen molar-refractivity contribution in [3.05, 3.63) is 0 Å². The second-order valence-electron chi connectivity index (χ2n) is 5.26. The van der Waals surface area contributed by atoms with E-state index >= 15 is 0 Å². The molecule has 0 saturated carbocycles. The van der Waals surface area contributed by atoms with Crippen molar-refractivity contribution in [3.8, 4) is 0 Å². The highest BCUT2D eigenvalue weighted by Gasteiger charge is 2.29. The molecule has 0 aromatic carbocycles. The van der Waals surface area contributed by atoms with Gasteiger partial charge in [-0.15, -0.1) is 11.8 Å². The summed E-state index contributed by atoms with van der Waals surface area (Å²) in [7, 11) is 0. The van der Waals surface area contributed by atoms with Crippen LogP contribution in [0.2, 0.25) is 0 Å². The third-order valence-corrected chi connectivity index (χ3v) is 4.37. The Morgan fingerprint density at radius 3 is 2.00 bits per heavy atom. The Hall–Kier alpha value is 0.270. The van der Waals surface area contributed by atoms with Gasteiger partial charge in [-0.2, -0.15) is 0 Å². The highest BCUT2D eigenvalue weighted by molar-refractivity contribution is 7.99. The Morgan fingerprint density at radius 2 is 1.65 bits per heavy atom. The van der Waals surface area contributed by atoms with Crippen LogP contribution in [0.1, 0.15) is 60.8 Å². The maximum atomic E-state index is 6.10. The van der Waals surface area contributed by atoms with Crippen molar-refractivity contribution in [1.82, 2.24) is 0 Å². The summed E-state index contributed by atoms with van der Waals surface area (Å²) in [6.45, 7) is 13.6. The minimum atomic E-state index is -0.0922. The van der Waals surface area contributed by atoms with Crippen LogP contribution in [0.3, 0.4) is 0 Å². The third kappa shape index (κ3) is 6.68. The van der Waals surface area contributed by atoms with E-state index in [9.17, 15) is 0 Å². The van der Waals surface area contributed by atoms with Gasteiger partial charge in [-0.1, -0.05) is 13.8 Å². The molecule has 0 aliphatic rings. The van der Waals surface area contributed by atoms with E-state index in [1.807, 2.05) is 0 Å². The van der Waals surface area contributed by atoms with E-state index in [1.54, 1.807) is 11.8 Å². The van der Waals surface area contributed by atoms with Gasteiger partial charge in [0.15, 0.2) is 0 Å². The molecule has 0 saturated heterocycles. The Balaban J connectivity index is 4.27. The maximum absolute atomic E-state index is 6.10. The highest BCUT2D eigenvalue weighted by atomic mass is 32.2. The summed E-state index contributed by atoms with van der Waals surface area (Å²) >= 11 is 1.74. The van der Waals surface area contributed by atoms with Crippen molar-refractivity contribution in [2.24, 2.45) is 0 Å². The summed E-state index contributed by atoms with van der Waals surface area (Å²) in [6.07, 6.45) is 5.43. The van der Waals surface area contributed by atoms with Gasteiger partial charge in [0, 0.05) is 0 Å². The van der Waals surface area contributed by atoms with Gasteiger partial charge < -0.3 is 9.47 Å². The minimum Gasteiger partial charge on any atom is -0.372 e. The van der Waals surface area contributed by atoms with E-state index in [0.29, 0.717) is 0 Å². The topological polar surface area (TPSA) is 18.5 Å². The molecule has 0 N–H and O–H groups in total. The van der Waals surface area contributed by atoms with Crippen LogP contribution in [0.5, 0.6) is 0 Å². The number of hydrogen-bond acceptors (Lipinski definition) is 3. The van der Waals surface area contributed by atoms with Crippen LogP contribution >= 0.6 is 11.8 Å². The molecule has 0 heterocycles. The Morgan fingerprint density at radius 1 is 1.12 bits per heavy atom. The first-order valence-corrected chi connectivity index (χ1v) is 7.90. The molecule has 0 aliphatic carbocycles. The van der Waals surface area contributed by atoms with E-state index in [2.05, 4.69) is 47.8 Å². The van der Waals surface area contributed by atoms with Crippen molar-refractivity contribution < 1.29 is 9.47 Å². The van der Waals surface area contributed by atoms with Gasteiger partial charge in [-0.05, 0) is 53.2 Å². The molecule has 2 nitrogen and oxygen atoms in total. The molecule has 0 aromatic rings. The van der Waals surface area contributed by atoms with Gasteiger partial charge in [0.2, 0.25) is 0 Å². The summed E-state index contributed by atoms with van der Waals surface area (Å²) in [5, 5.41) is 0. The Labute approximate surface area is 112 Å². The molecule has 0 rings (SSSR count). The fourth-order valence-electron chi connectivity index (χ4n) is 1.87. The second-order valence-corrected chi connectivity index (χ2v) is 6.65. The molecule has 0 bridgehead atoms. The first-order chi connectivity index (χ1) is 7.81. The molecular formula is C14H30O2S. The average molecular weight is 262 g/mol. The molecule has 0 spiro atoms. The van der Waals surface area contributed by atoms with Crippen molar-refractivity contribution in [2.75, 3.05) is 12.9 Å². The Kier molecular flexibility index (Phi) is 7.77. The third-order valence-electron chi connectivity index (χ3n) is 3.27. The normalized spacial score (nSPS) is 13.4. The van der Waals surface area contributed by atoms with Crippen molar-refractivity contribution in [2.45, 2.75) is 77.4 Å². The lowest BCUT2D eigenvalue weighted by Crippen LogP contribution is -2.36. The van der Waals surface area contributed by atoms with E-state index in [4.69, 9.17) is 9.47 Å². The molecule has 104 valence electrons. The molecule has 3 heteroatoms. The van der Waals surface area contributed by atoms with Crippen LogP contribution in [-0.4, -0.2) is 29.5 Å². The molecule has 0 unspecified atom stereocenters. The molecule has 0 aromatic heterocycles. The number of rotatable bonds is 9. The molecule has 0 fully saturated rings. The minimum absolute atomic E-state index is 0.0113. The van der Waals surface area contributed by atoms with Crippen LogP contribution in [0.25, 0.3) is 0 Å². The zero-order chi connectivity index (χ0) is 13.5. The smallest absolute Gasteiger partial charge is 0.107 e. The fourth-order valence-corrected chi connectivity index (χ4v) is 2.07. The van der Waals surface area contributed by atoms with Gasteiger partial charge in [-0.25, -0.2) is 0 Å². The zero-order valence-corrected chi connectivity index (χ0v) is 13.4. The van der Waals surface area contributed by atoms with E-state index in [-0.39, 0.29) is 16.6 Å². The van der Waals surface area contributed by atoms with Crippen LogP contribution in [0, 0.1) is 0 Å². The first kappa shape index (κ1) is 17.3. The summed E-state index contributed by atoms with van der Waals surface area (Å²) in [4.78, 5) is -0.0922. The SMILES string of the molecule is CCC(CC)(CCOC(C)(C)SC)OC(C)C. The van der Waals surface area contributed by atoms with Gasteiger partial charge in [0.1, 0.15) is 4.93 Å². The quantitative estimate of drug-likeness (QED) is 0.571. The van der Waals surface area contributed by atoms with E-state index in [0.717, 1.165) is 25.9 Å². The molecule has 0 radical (unpaired) electrons. The predicted octanol–water partition coefficient (Wildman–Crippen LogP) is 4.48. The lowest BCUT2D eigenvalue weighted by Gasteiger charge is -2.35. The van der Waals surface area contributed by atoms with Gasteiger partial charge in [0.25, 0.3) is 0 Å². The number of thioether (sulfide) groups is 1. The molecular weight excluding hydrogens is 232 g/mol. The van der Waals surface area contributed by atoms with Crippen molar-refractivity contribution in [1.29, 1.82) is 0 Å². The molecule has 0 aliphatic heterocycles. The summed E-state index contributed by atoms with van der Waals surface area (Å²) < 4.78 is 12.0.